The first-order chi connectivity index (χ1) is 21.2. The molecule has 0 aliphatic carbocycles. The number of aromatic amines is 1. The van der Waals surface area contributed by atoms with E-state index in [4.69, 9.17) is 23.5 Å². The van der Waals surface area contributed by atoms with Crippen LogP contribution in [0, 0.1) is 0 Å². The third-order valence-corrected chi connectivity index (χ3v) is 7.67. The predicted octanol–water partition coefficient (Wildman–Crippen LogP) is 3.42. The smallest absolute Gasteiger partial charge is 0.497 e. The van der Waals surface area contributed by atoms with E-state index in [2.05, 4.69) is 4.98 Å². The Balaban J connectivity index is 1.61. The van der Waals surface area contributed by atoms with E-state index in [0.29, 0.717) is 5.75 Å². The normalized spacial score (nSPS) is 20.2. The zero-order valence-corrected chi connectivity index (χ0v) is 24.7. The highest BCUT2D eigenvalue weighted by Crippen LogP contribution is 2.43. The van der Waals surface area contributed by atoms with Crippen molar-refractivity contribution < 1.29 is 37.7 Å². The number of hydrogen-bond donors (Lipinski definition) is 2. The first-order valence-corrected chi connectivity index (χ1v) is 14.7. The molecule has 1 aliphatic rings. The largest absolute Gasteiger partial charge is 0.695 e. The van der Waals surface area contributed by atoms with Crippen LogP contribution in [0.3, 0.4) is 0 Å². The van der Waals surface area contributed by atoms with E-state index in [1.807, 2.05) is 84.9 Å². The maximum absolute atomic E-state index is 12.7. The molecule has 2 heterocycles. The number of aromatic nitrogens is 2. The van der Waals surface area contributed by atoms with Gasteiger partial charge in [-0.1, -0.05) is 72.8 Å². The molecule has 5 atom stereocenters. The van der Waals surface area contributed by atoms with Gasteiger partial charge in [0.2, 0.25) is 0 Å². The van der Waals surface area contributed by atoms with Crippen molar-refractivity contribution in [3.8, 4) is 5.75 Å². The number of carbonyl (C=O) groups is 1. The summed E-state index contributed by atoms with van der Waals surface area (Å²) >= 11 is 0. The van der Waals surface area contributed by atoms with Crippen LogP contribution in [0.5, 0.6) is 5.75 Å². The lowest BCUT2D eigenvalue weighted by molar-refractivity contribution is -0.155. The van der Waals surface area contributed by atoms with E-state index in [1.165, 1.54) is 6.20 Å². The molecule has 3 aromatic carbocycles. The second-order valence-corrected chi connectivity index (χ2v) is 10.6. The molecule has 0 amide bonds. The van der Waals surface area contributed by atoms with E-state index in [0.717, 1.165) is 34.2 Å². The number of nitrogens with zero attached hydrogens (tertiary/aromatic N) is 1. The molecule has 0 radical (unpaired) electrons. The SMILES string of the molecule is COc1ccc(C(OC[C@H]2O[C@@H](n3ccc(=O)[nH]c3=O)[C@@H](OC(C)=O)[C@@H]2O[P+](=O)O)(c2ccccc2)c2ccccc2)cc1. The van der Waals surface area contributed by atoms with Crippen LogP contribution in [0.1, 0.15) is 29.8 Å². The van der Waals surface area contributed by atoms with Gasteiger partial charge >= 0.3 is 19.9 Å². The minimum absolute atomic E-state index is 0.254. The van der Waals surface area contributed by atoms with Gasteiger partial charge in [0, 0.05) is 23.8 Å². The first-order valence-electron chi connectivity index (χ1n) is 13.6. The van der Waals surface area contributed by atoms with Crippen LogP contribution in [-0.4, -0.2) is 52.4 Å². The van der Waals surface area contributed by atoms with Crippen molar-refractivity contribution in [3.63, 3.8) is 0 Å². The fourth-order valence-electron chi connectivity index (χ4n) is 5.37. The third-order valence-electron chi connectivity index (χ3n) is 7.25. The van der Waals surface area contributed by atoms with Crippen molar-refractivity contribution >= 4 is 14.2 Å². The van der Waals surface area contributed by atoms with E-state index in [-0.39, 0.29) is 6.61 Å². The second-order valence-electron chi connectivity index (χ2n) is 9.92. The number of carbonyl (C=O) groups excluding carboxylic acids is 1. The number of benzene rings is 3. The van der Waals surface area contributed by atoms with E-state index in [1.54, 1.807) is 7.11 Å². The summed E-state index contributed by atoms with van der Waals surface area (Å²) in [7, 11) is -1.63. The molecule has 1 aromatic heterocycles. The van der Waals surface area contributed by atoms with Crippen LogP contribution < -0.4 is 16.0 Å². The monoisotopic (exact) mass is 621 g/mol. The first kappa shape index (κ1) is 31.0. The molecule has 5 rings (SSSR count). The Hall–Kier alpha value is -4.45. The van der Waals surface area contributed by atoms with Crippen molar-refractivity contribution in [1.82, 2.24) is 9.55 Å². The Labute approximate surface area is 252 Å². The van der Waals surface area contributed by atoms with Gasteiger partial charge in [-0.05, 0) is 28.8 Å². The molecule has 1 fully saturated rings. The Bertz CT molecular complexity index is 1670. The van der Waals surface area contributed by atoms with Gasteiger partial charge in [0.15, 0.2) is 18.4 Å². The van der Waals surface area contributed by atoms with Crippen LogP contribution >= 0.6 is 8.25 Å². The zero-order chi connectivity index (χ0) is 31.3. The molecule has 4 aromatic rings. The summed E-state index contributed by atoms with van der Waals surface area (Å²) in [6.07, 6.45) is -3.95. The molecule has 2 N–H and O–H groups in total. The van der Waals surface area contributed by atoms with Crippen molar-refractivity contribution in [2.24, 2.45) is 0 Å². The van der Waals surface area contributed by atoms with Gasteiger partial charge in [-0.2, -0.15) is 0 Å². The van der Waals surface area contributed by atoms with Crippen LogP contribution in [-0.2, 0) is 33.7 Å². The van der Waals surface area contributed by atoms with Gasteiger partial charge in [0.1, 0.15) is 17.5 Å². The quantitative estimate of drug-likeness (QED) is 0.145. The molecule has 44 heavy (non-hydrogen) atoms. The Morgan fingerprint density at radius 3 is 2.05 bits per heavy atom. The molecular formula is C31H30N2O10P+. The van der Waals surface area contributed by atoms with E-state index >= 15 is 0 Å². The van der Waals surface area contributed by atoms with Crippen LogP contribution in [0.2, 0.25) is 0 Å². The molecule has 13 heteroatoms. The topological polar surface area (TPSA) is 155 Å². The average Bonchev–Trinajstić information content (AvgIpc) is 3.33. The van der Waals surface area contributed by atoms with E-state index in [9.17, 15) is 23.8 Å². The lowest BCUT2D eigenvalue weighted by Crippen LogP contribution is -2.42. The molecule has 0 bridgehead atoms. The number of nitrogens with one attached hydrogen (secondary N) is 1. The lowest BCUT2D eigenvalue weighted by atomic mass is 9.80. The number of ether oxygens (including phenoxy) is 4. The predicted molar refractivity (Wildman–Crippen MR) is 157 cm³/mol. The van der Waals surface area contributed by atoms with Crippen molar-refractivity contribution in [2.75, 3.05) is 13.7 Å². The maximum atomic E-state index is 12.7. The van der Waals surface area contributed by atoms with Gasteiger partial charge in [0.25, 0.3) is 5.56 Å². The second kappa shape index (κ2) is 13.5. The number of methoxy groups -OCH3 is 1. The van der Waals surface area contributed by atoms with Gasteiger partial charge in [0.05, 0.1) is 13.7 Å². The summed E-state index contributed by atoms with van der Waals surface area (Å²) in [5.74, 6) is -0.105. The Morgan fingerprint density at radius 1 is 0.932 bits per heavy atom. The zero-order valence-electron chi connectivity index (χ0n) is 23.8. The number of rotatable bonds is 11. The lowest BCUT2D eigenvalue weighted by Gasteiger charge is -2.37. The fourth-order valence-corrected chi connectivity index (χ4v) is 5.83. The Kier molecular flexibility index (Phi) is 9.48. The maximum Gasteiger partial charge on any atom is 0.695 e. The number of hydrogen-bond acceptors (Lipinski definition) is 9. The highest BCUT2D eigenvalue weighted by molar-refractivity contribution is 7.32. The van der Waals surface area contributed by atoms with E-state index < -0.39 is 55.6 Å². The summed E-state index contributed by atoms with van der Waals surface area (Å²) in [6, 6.07) is 27.4. The van der Waals surface area contributed by atoms with Gasteiger partial charge in [-0.15, -0.1) is 9.42 Å². The van der Waals surface area contributed by atoms with Crippen molar-refractivity contribution in [3.05, 3.63) is 135 Å². The minimum Gasteiger partial charge on any atom is -0.497 e. The standard InChI is InChI=1S/C31H29N2O10P/c1-20(34)41-28-27(43-44(37)38)25(42-29(28)33-18-17-26(35)32-30(33)36)19-40-31(21-9-5-3-6-10-21,22-11-7-4-8-12-22)23-13-15-24(39-2)16-14-23/h3-18,25,27-29H,19H2,1-2H3,(H-,32,35,36,37,38)/p+1/t25-,27-,28+,29-/m1/s1. The number of esters is 1. The molecule has 228 valence electrons. The van der Waals surface area contributed by atoms with Crippen molar-refractivity contribution in [1.29, 1.82) is 0 Å². The highest BCUT2D eigenvalue weighted by atomic mass is 31.1. The van der Waals surface area contributed by atoms with Crippen LogP contribution in [0.25, 0.3) is 0 Å². The van der Waals surface area contributed by atoms with Crippen molar-refractivity contribution in [2.45, 2.75) is 37.1 Å². The summed E-state index contributed by atoms with van der Waals surface area (Å²) in [6.45, 7) is 0.891. The summed E-state index contributed by atoms with van der Waals surface area (Å²) in [5, 5.41) is 0. The minimum atomic E-state index is -3.20. The number of H-pyrrole nitrogens is 1. The van der Waals surface area contributed by atoms with Crippen LogP contribution in [0.4, 0.5) is 0 Å². The fraction of sp³-hybridized carbons (Fsp3) is 0.258. The molecule has 12 nitrogen and oxygen atoms in total. The van der Waals surface area contributed by atoms with Crippen LogP contribution in [0.15, 0.2) is 107 Å². The molecule has 0 spiro atoms. The third kappa shape index (κ3) is 6.40. The molecular weight excluding hydrogens is 591 g/mol. The summed E-state index contributed by atoms with van der Waals surface area (Å²) in [4.78, 5) is 48.5. The average molecular weight is 622 g/mol. The molecule has 1 saturated heterocycles. The molecule has 1 unspecified atom stereocenters. The summed E-state index contributed by atoms with van der Waals surface area (Å²) < 4.78 is 42.2. The molecule has 1 aliphatic heterocycles. The summed E-state index contributed by atoms with van der Waals surface area (Å²) in [5.41, 5.74) is -0.434. The highest BCUT2D eigenvalue weighted by Gasteiger charge is 2.54. The van der Waals surface area contributed by atoms with Gasteiger partial charge < -0.3 is 18.9 Å². The van der Waals surface area contributed by atoms with Gasteiger partial charge in [-0.25, -0.2) is 4.79 Å². The van der Waals surface area contributed by atoms with Gasteiger partial charge in [-0.3, -0.25) is 19.1 Å². The Morgan fingerprint density at radius 2 is 1.52 bits per heavy atom. The molecule has 0 saturated carbocycles.